The summed E-state index contributed by atoms with van der Waals surface area (Å²) in [7, 11) is 0. The summed E-state index contributed by atoms with van der Waals surface area (Å²) < 4.78 is 40.6. The van der Waals surface area contributed by atoms with Gasteiger partial charge >= 0.3 is 6.18 Å². The molecule has 1 saturated heterocycles. The van der Waals surface area contributed by atoms with E-state index in [9.17, 15) is 18.0 Å². The van der Waals surface area contributed by atoms with Crippen LogP contribution in [0, 0.1) is 18.3 Å². The average molecular weight is 446 g/mol. The molecule has 0 N–H and O–H groups in total. The van der Waals surface area contributed by atoms with Gasteiger partial charge in [-0.05, 0) is 62.3 Å². The Morgan fingerprint density at radius 3 is 2.29 bits per heavy atom. The quantitative estimate of drug-likeness (QED) is 0.534. The number of anilines is 2. The first-order valence-corrected chi connectivity index (χ1v) is 10.5. The zero-order chi connectivity index (χ0) is 22.6. The fourth-order valence-electron chi connectivity index (χ4n) is 3.56. The summed E-state index contributed by atoms with van der Waals surface area (Å²) >= 11 is 5.66. The molecule has 1 heterocycles. The predicted molar refractivity (Wildman–Crippen MR) is 118 cm³/mol. The van der Waals surface area contributed by atoms with Crippen molar-refractivity contribution >= 4 is 34.6 Å². The second kappa shape index (κ2) is 9.48. The Hall–Kier alpha value is -2.92. The van der Waals surface area contributed by atoms with Crippen LogP contribution in [0.4, 0.5) is 24.5 Å². The molecule has 1 aliphatic heterocycles. The van der Waals surface area contributed by atoms with Gasteiger partial charge in [-0.3, -0.25) is 9.69 Å². The Morgan fingerprint density at radius 2 is 1.65 bits per heavy atom. The van der Waals surface area contributed by atoms with Crippen molar-refractivity contribution in [3.8, 4) is 6.07 Å². The van der Waals surface area contributed by atoms with E-state index in [1.54, 1.807) is 11.0 Å². The predicted octanol–water partition coefficient (Wildman–Crippen LogP) is 5.97. The van der Waals surface area contributed by atoms with Crippen LogP contribution in [-0.2, 0) is 11.0 Å². The molecule has 0 aromatic heterocycles. The molecular weight excluding hydrogens is 423 g/mol. The highest BCUT2D eigenvalue weighted by Crippen LogP contribution is 2.35. The lowest BCUT2D eigenvalue weighted by Gasteiger charge is -2.34. The van der Waals surface area contributed by atoms with Crippen LogP contribution in [0.5, 0.6) is 0 Å². The number of hydrogen-bond acceptors (Lipinski definition) is 3. The first kappa shape index (κ1) is 22.8. The number of aryl methyl sites for hydroxylation is 1. The van der Waals surface area contributed by atoms with Crippen LogP contribution in [0.1, 0.15) is 48.8 Å². The van der Waals surface area contributed by atoms with E-state index in [2.05, 4.69) is 0 Å². The first-order chi connectivity index (χ1) is 14.7. The highest BCUT2D eigenvalue weighted by molar-refractivity contribution is 7.81. The maximum Gasteiger partial charge on any atom is 0.417 e. The van der Waals surface area contributed by atoms with Gasteiger partial charge in [-0.15, -0.1) is 0 Å². The zero-order valence-electron chi connectivity index (χ0n) is 17.1. The third-order valence-electron chi connectivity index (χ3n) is 5.23. The van der Waals surface area contributed by atoms with E-state index in [-0.39, 0.29) is 23.1 Å². The number of alkyl halides is 3. The summed E-state index contributed by atoms with van der Waals surface area (Å²) in [6.07, 6.45) is -1.26. The van der Waals surface area contributed by atoms with Gasteiger partial charge in [-0.25, -0.2) is 0 Å². The monoisotopic (exact) mass is 445 g/mol. The molecule has 0 saturated carbocycles. The Kier molecular flexibility index (Phi) is 6.96. The summed E-state index contributed by atoms with van der Waals surface area (Å²) in [4.78, 5) is 16.0. The minimum Gasteiger partial charge on any atom is -0.318 e. The van der Waals surface area contributed by atoms with Gasteiger partial charge in [-0.2, -0.15) is 18.4 Å². The molecule has 2 aromatic rings. The maximum absolute atomic E-state index is 13.5. The normalized spacial score (nSPS) is 16.2. The Balaban J connectivity index is 2.09. The zero-order valence-corrected chi connectivity index (χ0v) is 17.9. The minimum absolute atomic E-state index is 0.0130. The highest BCUT2D eigenvalue weighted by Gasteiger charge is 2.35. The summed E-state index contributed by atoms with van der Waals surface area (Å²) in [5.41, 5.74) is 0.274. The summed E-state index contributed by atoms with van der Waals surface area (Å²) in [6.45, 7) is 2.50. The van der Waals surface area contributed by atoms with Crippen LogP contribution < -0.4 is 9.80 Å². The van der Waals surface area contributed by atoms with Crippen molar-refractivity contribution in [3.63, 3.8) is 0 Å². The van der Waals surface area contributed by atoms with E-state index in [1.165, 1.54) is 11.0 Å². The molecule has 4 nitrogen and oxygen atoms in total. The Morgan fingerprint density at radius 1 is 1.00 bits per heavy atom. The van der Waals surface area contributed by atoms with Crippen LogP contribution in [0.15, 0.2) is 42.5 Å². The van der Waals surface area contributed by atoms with Crippen LogP contribution in [0.3, 0.4) is 0 Å². The average Bonchev–Trinajstić information content (AvgIpc) is 2.73. The van der Waals surface area contributed by atoms with E-state index < -0.39 is 17.3 Å². The van der Waals surface area contributed by atoms with E-state index >= 15 is 0 Å². The number of carbonyl (C=O) groups excluding carboxylic acids is 1. The molecule has 3 rings (SSSR count). The number of nitriles is 1. The van der Waals surface area contributed by atoms with Gasteiger partial charge in [0.2, 0.25) is 5.91 Å². The first-order valence-electron chi connectivity index (χ1n) is 10.0. The molecule has 31 heavy (non-hydrogen) atoms. The number of carbonyl (C=O) groups is 1. The van der Waals surface area contributed by atoms with Gasteiger partial charge in [0, 0.05) is 18.7 Å². The largest absolute Gasteiger partial charge is 0.417 e. The van der Waals surface area contributed by atoms with Gasteiger partial charge in [-0.1, -0.05) is 30.5 Å². The number of benzene rings is 2. The second-order valence-corrected chi connectivity index (χ2v) is 7.87. The van der Waals surface area contributed by atoms with E-state index in [4.69, 9.17) is 17.5 Å². The molecule has 0 bridgehead atoms. The van der Waals surface area contributed by atoms with E-state index in [0.717, 1.165) is 42.6 Å². The van der Waals surface area contributed by atoms with Gasteiger partial charge in [0.25, 0.3) is 0 Å². The van der Waals surface area contributed by atoms with E-state index in [0.29, 0.717) is 13.0 Å². The lowest BCUT2D eigenvalue weighted by Crippen LogP contribution is -2.47. The summed E-state index contributed by atoms with van der Waals surface area (Å²) in [5, 5.41) is 9.22. The topological polar surface area (TPSA) is 47.3 Å². The fourth-order valence-corrected chi connectivity index (χ4v) is 3.96. The Bertz CT molecular complexity index is 1010. The van der Waals surface area contributed by atoms with Crippen LogP contribution in [0.25, 0.3) is 0 Å². The standard InChI is InChI=1S/C23H22F3N3OS/c1-16-7-10-18(11-8-16)28-13-5-3-2-4-6-21(30)29(22(28)31)19-12-9-17(15-27)20(14-19)23(24,25)26/h7-12,14H,2-6,13H2,1H3. The van der Waals surface area contributed by atoms with Gasteiger partial charge in [0.05, 0.1) is 22.9 Å². The molecule has 162 valence electrons. The van der Waals surface area contributed by atoms with Crippen molar-refractivity contribution in [1.29, 1.82) is 5.26 Å². The van der Waals surface area contributed by atoms with Crippen molar-refractivity contribution in [2.45, 2.75) is 45.2 Å². The van der Waals surface area contributed by atoms with Gasteiger partial charge < -0.3 is 4.90 Å². The van der Waals surface area contributed by atoms with Gasteiger partial charge in [0.15, 0.2) is 5.11 Å². The third kappa shape index (κ3) is 5.23. The number of nitrogens with zero attached hydrogens (tertiary/aromatic N) is 3. The molecule has 0 atom stereocenters. The number of amides is 1. The summed E-state index contributed by atoms with van der Waals surface area (Å²) in [6, 6.07) is 12.5. The second-order valence-electron chi connectivity index (χ2n) is 7.50. The molecule has 0 unspecified atom stereocenters. The van der Waals surface area contributed by atoms with Crippen molar-refractivity contribution in [2.75, 3.05) is 16.3 Å². The highest BCUT2D eigenvalue weighted by atomic mass is 32.1. The molecule has 1 fully saturated rings. The molecular formula is C23H22F3N3OS. The lowest BCUT2D eigenvalue weighted by atomic mass is 10.1. The SMILES string of the molecule is Cc1ccc(N2CCCCCCC(=O)N(c3ccc(C#N)c(C(F)(F)F)c3)C2=S)cc1. The van der Waals surface area contributed by atoms with Crippen molar-refractivity contribution < 1.29 is 18.0 Å². The molecule has 0 aliphatic carbocycles. The number of thiocarbonyl (C=S) groups is 1. The van der Waals surface area contributed by atoms with Crippen LogP contribution >= 0.6 is 12.2 Å². The third-order valence-corrected chi connectivity index (χ3v) is 5.63. The van der Waals surface area contributed by atoms with E-state index in [1.807, 2.05) is 31.2 Å². The van der Waals surface area contributed by atoms with Crippen molar-refractivity contribution in [2.24, 2.45) is 0 Å². The van der Waals surface area contributed by atoms with Crippen LogP contribution in [0.2, 0.25) is 0 Å². The molecule has 0 radical (unpaired) electrons. The maximum atomic E-state index is 13.5. The minimum atomic E-state index is -4.72. The fraction of sp³-hybridized carbons (Fsp3) is 0.348. The lowest BCUT2D eigenvalue weighted by molar-refractivity contribution is -0.137. The van der Waals surface area contributed by atoms with Crippen molar-refractivity contribution in [3.05, 3.63) is 59.2 Å². The number of halogens is 3. The molecule has 2 aromatic carbocycles. The smallest absolute Gasteiger partial charge is 0.318 e. The van der Waals surface area contributed by atoms with Crippen molar-refractivity contribution in [1.82, 2.24) is 0 Å². The molecule has 0 spiro atoms. The molecule has 1 aliphatic rings. The number of rotatable bonds is 2. The Labute approximate surface area is 184 Å². The molecule has 1 amide bonds. The van der Waals surface area contributed by atoms with Gasteiger partial charge in [0.1, 0.15) is 0 Å². The number of hydrogen-bond donors (Lipinski definition) is 0. The summed E-state index contributed by atoms with van der Waals surface area (Å²) in [5.74, 6) is -0.359. The van der Waals surface area contributed by atoms with Crippen LogP contribution in [-0.4, -0.2) is 17.6 Å². The molecule has 8 heteroatoms.